The van der Waals surface area contributed by atoms with E-state index in [0.717, 1.165) is 25.7 Å². The van der Waals surface area contributed by atoms with E-state index in [9.17, 15) is 12.8 Å². The largest absolute Gasteiger partial charge is 0.238 e. The molecule has 0 aliphatic heterocycles. The van der Waals surface area contributed by atoms with Gasteiger partial charge in [0.2, 0.25) is 0 Å². The van der Waals surface area contributed by atoms with Crippen LogP contribution in [0.15, 0.2) is 47.4 Å². The molecule has 1 saturated carbocycles. The van der Waals surface area contributed by atoms with Gasteiger partial charge in [-0.25, -0.2) is 17.7 Å². The summed E-state index contributed by atoms with van der Waals surface area (Å²) in [5, 5.41) is 0. The van der Waals surface area contributed by atoms with Crippen molar-refractivity contribution in [1.82, 2.24) is 0 Å². The second-order valence-electron chi connectivity index (χ2n) is 8.19. The van der Waals surface area contributed by atoms with Crippen molar-refractivity contribution in [2.75, 3.05) is 5.75 Å². The Morgan fingerprint density at radius 3 is 2.30 bits per heavy atom. The fourth-order valence-corrected chi connectivity index (χ4v) is 5.38. The second kappa shape index (κ2) is 7.44. The monoisotopic (exact) mass is 385 g/mol. The van der Waals surface area contributed by atoms with Gasteiger partial charge in [-0.1, -0.05) is 38.1 Å². The van der Waals surface area contributed by atoms with E-state index in [1.807, 2.05) is 0 Å². The van der Waals surface area contributed by atoms with Crippen molar-refractivity contribution in [1.29, 1.82) is 0 Å². The standard InChI is InChI=1S/C22H24FNO2S/c1-22(2)12-10-16(11-13-22)15-27(25,26)19-7-4-17(5-8-19)20-9-6-18(24-3)14-21(20)23/h4-9,14,16H,10-13,15H2,1-2H3. The van der Waals surface area contributed by atoms with Gasteiger partial charge in [0.05, 0.1) is 17.2 Å². The molecule has 0 aromatic heterocycles. The van der Waals surface area contributed by atoms with Crippen molar-refractivity contribution in [3.8, 4) is 11.1 Å². The van der Waals surface area contributed by atoms with Gasteiger partial charge in [-0.3, -0.25) is 0 Å². The molecular weight excluding hydrogens is 361 g/mol. The lowest BCUT2D eigenvalue weighted by Gasteiger charge is -2.34. The average Bonchev–Trinajstić information content (AvgIpc) is 2.63. The maximum absolute atomic E-state index is 14.2. The first-order chi connectivity index (χ1) is 12.7. The van der Waals surface area contributed by atoms with Crippen LogP contribution in [0.5, 0.6) is 0 Å². The maximum Gasteiger partial charge on any atom is 0.190 e. The number of hydrogen-bond acceptors (Lipinski definition) is 2. The molecule has 1 fully saturated rings. The first-order valence-corrected chi connectivity index (χ1v) is 10.9. The van der Waals surface area contributed by atoms with Crippen molar-refractivity contribution >= 4 is 15.5 Å². The van der Waals surface area contributed by atoms with Crippen LogP contribution in [0.25, 0.3) is 16.0 Å². The molecule has 0 amide bonds. The summed E-state index contributed by atoms with van der Waals surface area (Å²) >= 11 is 0. The number of benzene rings is 2. The van der Waals surface area contributed by atoms with Gasteiger partial charge in [-0.15, -0.1) is 0 Å². The fraction of sp³-hybridized carbons (Fsp3) is 0.409. The first kappa shape index (κ1) is 19.6. The lowest BCUT2D eigenvalue weighted by molar-refractivity contribution is 0.202. The summed E-state index contributed by atoms with van der Waals surface area (Å²) in [6, 6.07) is 10.7. The molecule has 142 valence electrons. The third-order valence-corrected chi connectivity index (χ3v) is 7.42. The maximum atomic E-state index is 14.2. The molecule has 0 saturated heterocycles. The van der Waals surface area contributed by atoms with Crippen molar-refractivity contribution in [3.63, 3.8) is 0 Å². The van der Waals surface area contributed by atoms with Crippen LogP contribution in [0, 0.1) is 23.7 Å². The van der Waals surface area contributed by atoms with Gasteiger partial charge in [-0.2, -0.15) is 0 Å². The lowest BCUT2D eigenvalue weighted by Crippen LogP contribution is -2.26. The molecular formula is C22H24FNO2S. The zero-order valence-corrected chi connectivity index (χ0v) is 16.5. The molecule has 5 heteroatoms. The molecule has 0 bridgehead atoms. The fourth-order valence-electron chi connectivity index (χ4n) is 3.68. The summed E-state index contributed by atoms with van der Waals surface area (Å²) < 4.78 is 39.7. The molecule has 2 aromatic rings. The van der Waals surface area contributed by atoms with Gasteiger partial charge in [0.1, 0.15) is 5.82 Å². The molecule has 1 aliphatic carbocycles. The minimum Gasteiger partial charge on any atom is -0.238 e. The normalized spacial score (nSPS) is 17.4. The van der Waals surface area contributed by atoms with Crippen LogP contribution in [0.2, 0.25) is 0 Å². The summed E-state index contributed by atoms with van der Waals surface area (Å²) in [5.74, 6) is -0.0959. The Kier molecular flexibility index (Phi) is 5.39. The Labute approximate surface area is 161 Å². The highest BCUT2D eigenvalue weighted by molar-refractivity contribution is 7.91. The molecule has 3 rings (SSSR count). The van der Waals surface area contributed by atoms with E-state index in [1.165, 1.54) is 6.07 Å². The highest BCUT2D eigenvalue weighted by Gasteiger charge is 2.30. The van der Waals surface area contributed by atoms with Gasteiger partial charge >= 0.3 is 0 Å². The van der Waals surface area contributed by atoms with E-state index < -0.39 is 15.7 Å². The van der Waals surface area contributed by atoms with Crippen molar-refractivity contribution in [2.24, 2.45) is 11.3 Å². The summed E-state index contributed by atoms with van der Waals surface area (Å²) in [5.41, 5.74) is 1.52. The topological polar surface area (TPSA) is 38.5 Å². The Morgan fingerprint density at radius 2 is 1.74 bits per heavy atom. The minimum atomic E-state index is -3.35. The molecule has 3 nitrogen and oxygen atoms in total. The van der Waals surface area contributed by atoms with E-state index in [4.69, 9.17) is 6.57 Å². The number of nitrogens with zero attached hydrogens (tertiary/aromatic N) is 1. The highest BCUT2D eigenvalue weighted by Crippen LogP contribution is 2.39. The van der Waals surface area contributed by atoms with E-state index >= 15 is 0 Å². The third kappa shape index (κ3) is 4.56. The molecule has 1 aliphatic rings. The van der Waals surface area contributed by atoms with Crippen LogP contribution < -0.4 is 0 Å². The number of halogens is 1. The predicted molar refractivity (Wildman–Crippen MR) is 106 cm³/mol. The van der Waals surface area contributed by atoms with Crippen LogP contribution in [-0.2, 0) is 9.84 Å². The summed E-state index contributed by atoms with van der Waals surface area (Å²) in [7, 11) is -3.35. The molecule has 2 aromatic carbocycles. The van der Waals surface area contributed by atoms with E-state index in [1.54, 1.807) is 36.4 Å². The third-order valence-electron chi connectivity index (χ3n) is 5.52. The molecule has 0 N–H and O–H groups in total. The molecule has 0 atom stereocenters. The van der Waals surface area contributed by atoms with E-state index in [-0.39, 0.29) is 22.3 Å². The Bertz CT molecular complexity index is 962. The molecule has 0 spiro atoms. The Balaban J connectivity index is 1.76. The molecule has 0 unspecified atom stereocenters. The zero-order valence-electron chi connectivity index (χ0n) is 15.7. The van der Waals surface area contributed by atoms with Crippen LogP contribution in [0.4, 0.5) is 10.1 Å². The van der Waals surface area contributed by atoms with Crippen LogP contribution in [0.1, 0.15) is 39.5 Å². The summed E-state index contributed by atoms with van der Waals surface area (Å²) in [6.07, 6.45) is 4.02. The smallest absolute Gasteiger partial charge is 0.190 e. The van der Waals surface area contributed by atoms with Crippen LogP contribution >= 0.6 is 0 Å². The number of hydrogen-bond donors (Lipinski definition) is 0. The van der Waals surface area contributed by atoms with Crippen molar-refractivity contribution in [2.45, 2.75) is 44.4 Å². The average molecular weight is 386 g/mol. The number of sulfone groups is 1. The van der Waals surface area contributed by atoms with Gasteiger partial charge in [-0.05, 0) is 60.8 Å². The van der Waals surface area contributed by atoms with Crippen molar-refractivity contribution < 1.29 is 12.8 Å². The second-order valence-corrected chi connectivity index (χ2v) is 10.2. The summed E-state index contributed by atoms with van der Waals surface area (Å²) in [6.45, 7) is 11.4. The van der Waals surface area contributed by atoms with Crippen LogP contribution in [-0.4, -0.2) is 14.2 Å². The van der Waals surface area contributed by atoms with Gasteiger partial charge in [0, 0.05) is 5.56 Å². The quantitative estimate of drug-likeness (QED) is 0.602. The zero-order chi connectivity index (χ0) is 19.7. The lowest BCUT2D eigenvalue weighted by atomic mass is 9.74. The first-order valence-electron chi connectivity index (χ1n) is 9.20. The Morgan fingerprint density at radius 1 is 1.11 bits per heavy atom. The summed E-state index contributed by atoms with van der Waals surface area (Å²) in [4.78, 5) is 3.49. The SMILES string of the molecule is [C-]#[N+]c1ccc(-c2ccc(S(=O)(=O)CC3CCC(C)(C)CC3)cc2)c(F)c1. The minimum absolute atomic E-state index is 0.177. The van der Waals surface area contributed by atoms with Gasteiger partial charge in [0.15, 0.2) is 15.5 Å². The van der Waals surface area contributed by atoms with Gasteiger partial charge in [0.25, 0.3) is 0 Å². The van der Waals surface area contributed by atoms with E-state index in [0.29, 0.717) is 16.5 Å². The molecule has 27 heavy (non-hydrogen) atoms. The molecule has 0 heterocycles. The Hall–Kier alpha value is -2.19. The number of rotatable bonds is 4. The van der Waals surface area contributed by atoms with E-state index in [2.05, 4.69) is 18.7 Å². The predicted octanol–water partition coefficient (Wildman–Crippen LogP) is 6.03. The van der Waals surface area contributed by atoms with Gasteiger partial charge < -0.3 is 0 Å². The highest BCUT2D eigenvalue weighted by atomic mass is 32.2. The van der Waals surface area contributed by atoms with Crippen LogP contribution in [0.3, 0.4) is 0 Å². The van der Waals surface area contributed by atoms with Crippen molar-refractivity contribution in [3.05, 3.63) is 59.7 Å². The molecule has 0 radical (unpaired) electrons.